The maximum atomic E-state index is 12.9. The van der Waals surface area contributed by atoms with Gasteiger partial charge in [0.15, 0.2) is 5.82 Å². The van der Waals surface area contributed by atoms with Gasteiger partial charge in [-0.25, -0.2) is 8.42 Å². The molecular formula is C23H23F3N4O4S. The number of rotatable bonds is 6. The molecule has 2 aromatic carbocycles. The molecule has 0 bridgehead atoms. The quantitative estimate of drug-likeness (QED) is 0.502. The van der Waals surface area contributed by atoms with E-state index in [1.165, 1.54) is 4.31 Å². The van der Waals surface area contributed by atoms with Crippen molar-refractivity contribution in [1.29, 1.82) is 0 Å². The summed E-state index contributed by atoms with van der Waals surface area (Å²) in [6.07, 6.45) is -4.53. The van der Waals surface area contributed by atoms with Crippen LogP contribution in [0.25, 0.3) is 11.3 Å². The first-order valence-electron chi connectivity index (χ1n) is 10.6. The number of halogens is 3. The molecule has 0 saturated carbocycles. The first-order valence-corrected chi connectivity index (χ1v) is 12.1. The second-order valence-electron chi connectivity index (χ2n) is 7.76. The standard InChI is InChI=1S/C23H23F3N4O4S/c1-33-17-5-9-21(34-2)19(15-17)20-8-10-22(28-27-20)29-11-13-30(14-12-29)35(31,32)18-6-3-16(4-7-18)23(24,25)26/h3-10,15H,11-14H2,1-2H3. The highest BCUT2D eigenvalue weighted by Gasteiger charge is 2.32. The fourth-order valence-electron chi connectivity index (χ4n) is 3.77. The third kappa shape index (κ3) is 5.17. The second-order valence-corrected chi connectivity index (χ2v) is 9.69. The van der Waals surface area contributed by atoms with Gasteiger partial charge in [-0.2, -0.15) is 17.5 Å². The molecule has 12 heteroatoms. The zero-order valence-corrected chi connectivity index (χ0v) is 19.8. The van der Waals surface area contributed by atoms with Crippen molar-refractivity contribution in [3.8, 4) is 22.8 Å². The molecule has 1 aliphatic rings. The van der Waals surface area contributed by atoms with Crippen LogP contribution >= 0.6 is 0 Å². The first-order chi connectivity index (χ1) is 16.6. The number of hydrogen-bond donors (Lipinski definition) is 0. The molecule has 0 amide bonds. The van der Waals surface area contributed by atoms with Crippen molar-refractivity contribution < 1.29 is 31.1 Å². The summed E-state index contributed by atoms with van der Waals surface area (Å²) in [7, 11) is -0.781. The Kier molecular flexibility index (Phi) is 6.86. The predicted octanol–water partition coefficient (Wildman–Crippen LogP) is 3.69. The summed E-state index contributed by atoms with van der Waals surface area (Å²) in [5, 5.41) is 8.59. The maximum absolute atomic E-state index is 12.9. The summed E-state index contributed by atoms with van der Waals surface area (Å²) in [4.78, 5) is 1.73. The molecular weight excluding hydrogens is 485 g/mol. The minimum Gasteiger partial charge on any atom is -0.497 e. The van der Waals surface area contributed by atoms with Crippen molar-refractivity contribution in [2.75, 3.05) is 45.3 Å². The lowest BCUT2D eigenvalue weighted by Crippen LogP contribution is -2.49. The summed E-state index contributed by atoms with van der Waals surface area (Å²) >= 11 is 0. The number of methoxy groups -OCH3 is 2. The van der Waals surface area contributed by atoms with Gasteiger partial charge in [-0.05, 0) is 54.6 Å². The molecule has 1 aromatic heterocycles. The van der Waals surface area contributed by atoms with Gasteiger partial charge in [-0.3, -0.25) is 0 Å². The number of alkyl halides is 3. The monoisotopic (exact) mass is 508 g/mol. The van der Waals surface area contributed by atoms with Crippen LogP contribution in [0.4, 0.5) is 19.0 Å². The van der Waals surface area contributed by atoms with E-state index in [4.69, 9.17) is 9.47 Å². The van der Waals surface area contributed by atoms with E-state index in [-0.39, 0.29) is 18.0 Å². The number of benzene rings is 2. The van der Waals surface area contributed by atoms with E-state index in [0.717, 1.165) is 29.8 Å². The Labute approximate surface area is 201 Å². The molecule has 186 valence electrons. The van der Waals surface area contributed by atoms with Crippen molar-refractivity contribution >= 4 is 15.8 Å². The van der Waals surface area contributed by atoms with Gasteiger partial charge < -0.3 is 14.4 Å². The molecule has 0 aliphatic carbocycles. The molecule has 3 aromatic rings. The lowest BCUT2D eigenvalue weighted by Gasteiger charge is -2.34. The van der Waals surface area contributed by atoms with Crippen LogP contribution < -0.4 is 14.4 Å². The van der Waals surface area contributed by atoms with E-state index in [1.54, 1.807) is 44.6 Å². The molecule has 0 atom stereocenters. The number of piperazine rings is 1. The van der Waals surface area contributed by atoms with Gasteiger partial charge >= 0.3 is 6.18 Å². The first kappa shape index (κ1) is 24.7. The van der Waals surface area contributed by atoms with Crippen LogP contribution in [0.1, 0.15) is 5.56 Å². The van der Waals surface area contributed by atoms with E-state index >= 15 is 0 Å². The molecule has 8 nitrogen and oxygen atoms in total. The summed E-state index contributed by atoms with van der Waals surface area (Å²) in [6, 6.07) is 12.5. The smallest absolute Gasteiger partial charge is 0.416 e. The zero-order valence-electron chi connectivity index (χ0n) is 19.0. The Morgan fingerprint density at radius 1 is 0.857 bits per heavy atom. The highest BCUT2D eigenvalue weighted by molar-refractivity contribution is 7.89. The van der Waals surface area contributed by atoms with Crippen LogP contribution in [0.2, 0.25) is 0 Å². The molecule has 0 radical (unpaired) electrons. The van der Waals surface area contributed by atoms with E-state index in [1.807, 2.05) is 4.90 Å². The van der Waals surface area contributed by atoms with Gasteiger partial charge in [0.2, 0.25) is 10.0 Å². The topological polar surface area (TPSA) is 84.9 Å². The van der Waals surface area contributed by atoms with E-state index in [0.29, 0.717) is 36.1 Å². The summed E-state index contributed by atoms with van der Waals surface area (Å²) in [5.41, 5.74) is 0.418. The molecule has 1 saturated heterocycles. The molecule has 0 unspecified atom stereocenters. The molecule has 1 fully saturated rings. The zero-order chi connectivity index (χ0) is 25.2. The predicted molar refractivity (Wildman–Crippen MR) is 123 cm³/mol. The normalized spacial score (nSPS) is 15.2. The molecule has 0 N–H and O–H groups in total. The lowest BCUT2D eigenvalue weighted by atomic mass is 10.1. The van der Waals surface area contributed by atoms with Crippen LogP contribution in [0, 0.1) is 0 Å². The van der Waals surface area contributed by atoms with Crippen molar-refractivity contribution in [2.24, 2.45) is 0 Å². The third-order valence-corrected chi connectivity index (χ3v) is 7.63. The van der Waals surface area contributed by atoms with Crippen LogP contribution in [0.5, 0.6) is 11.5 Å². The summed E-state index contributed by atoms with van der Waals surface area (Å²) in [6.45, 7) is 1.04. The minimum atomic E-state index is -4.53. The maximum Gasteiger partial charge on any atom is 0.416 e. The molecule has 35 heavy (non-hydrogen) atoms. The van der Waals surface area contributed by atoms with Crippen LogP contribution in [0.15, 0.2) is 59.5 Å². The van der Waals surface area contributed by atoms with Gasteiger partial charge in [0.1, 0.15) is 11.5 Å². The largest absolute Gasteiger partial charge is 0.497 e. The minimum absolute atomic E-state index is 0.163. The Balaban J connectivity index is 1.44. The van der Waals surface area contributed by atoms with Gasteiger partial charge in [-0.15, -0.1) is 10.2 Å². The fraction of sp³-hybridized carbons (Fsp3) is 0.304. The van der Waals surface area contributed by atoms with Crippen molar-refractivity contribution in [1.82, 2.24) is 14.5 Å². The van der Waals surface area contributed by atoms with E-state index < -0.39 is 21.8 Å². The van der Waals surface area contributed by atoms with E-state index in [9.17, 15) is 21.6 Å². The van der Waals surface area contributed by atoms with Crippen LogP contribution in [0.3, 0.4) is 0 Å². The molecule has 0 spiro atoms. The Morgan fingerprint density at radius 3 is 2.09 bits per heavy atom. The SMILES string of the molecule is COc1ccc(OC)c(-c2ccc(N3CCN(S(=O)(=O)c4ccc(C(F)(F)F)cc4)CC3)nn2)c1. The average Bonchev–Trinajstić information content (AvgIpc) is 2.88. The van der Waals surface area contributed by atoms with E-state index in [2.05, 4.69) is 10.2 Å². The fourth-order valence-corrected chi connectivity index (χ4v) is 5.20. The van der Waals surface area contributed by atoms with Crippen molar-refractivity contribution in [3.63, 3.8) is 0 Å². The number of ether oxygens (including phenoxy) is 2. The molecule has 2 heterocycles. The Bertz CT molecular complexity index is 1280. The molecule has 4 rings (SSSR count). The number of aromatic nitrogens is 2. The Hall–Kier alpha value is -3.38. The van der Waals surface area contributed by atoms with Crippen LogP contribution in [-0.2, 0) is 16.2 Å². The van der Waals surface area contributed by atoms with Crippen molar-refractivity contribution in [3.05, 3.63) is 60.2 Å². The number of sulfonamides is 1. The van der Waals surface area contributed by atoms with Crippen molar-refractivity contribution in [2.45, 2.75) is 11.1 Å². The summed E-state index contributed by atoms with van der Waals surface area (Å²) < 4.78 is 76.0. The third-order valence-electron chi connectivity index (χ3n) is 5.72. The molecule has 1 aliphatic heterocycles. The highest BCUT2D eigenvalue weighted by Crippen LogP contribution is 2.33. The number of nitrogens with zero attached hydrogens (tertiary/aromatic N) is 4. The summed E-state index contributed by atoms with van der Waals surface area (Å²) in [5.74, 6) is 1.86. The Morgan fingerprint density at radius 2 is 1.54 bits per heavy atom. The average molecular weight is 509 g/mol. The van der Waals surface area contributed by atoms with Gasteiger partial charge in [-0.1, -0.05) is 0 Å². The second kappa shape index (κ2) is 9.70. The van der Waals surface area contributed by atoms with Gasteiger partial charge in [0, 0.05) is 31.7 Å². The van der Waals surface area contributed by atoms with Gasteiger partial charge in [0.05, 0.1) is 30.4 Å². The highest BCUT2D eigenvalue weighted by atomic mass is 32.2. The number of hydrogen-bond acceptors (Lipinski definition) is 7. The lowest BCUT2D eigenvalue weighted by molar-refractivity contribution is -0.137. The van der Waals surface area contributed by atoms with Gasteiger partial charge in [0.25, 0.3) is 0 Å². The number of anilines is 1. The van der Waals surface area contributed by atoms with Crippen LogP contribution in [-0.4, -0.2) is 63.3 Å².